The van der Waals surface area contributed by atoms with Crippen LogP contribution in [-0.4, -0.2) is 47.2 Å². The Labute approximate surface area is 119 Å². The van der Waals surface area contributed by atoms with Gasteiger partial charge >= 0.3 is 0 Å². The van der Waals surface area contributed by atoms with Gasteiger partial charge in [0.15, 0.2) is 0 Å². The summed E-state index contributed by atoms with van der Waals surface area (Å²) in [5.74, 6) is 0.373. The van der Waals surface area contributed by atoms with Gasteiger partial charge in [0.2, 0.25) is 5.91 Å². The molecule has 2 rings (SSSR count). The standard InChI is InChI=1S/C14H24N4O2/c1-4-17(3)14(19)10(2)18-9-16-7-12(18)13(15)11-5-6-20-8-11/h7,9-11,13H,4-6,8,15H2,1-3H3. The van der Waals surface area contributed by atoms with Gasteiger partial charge in [0.05, 0.1) is 24.7 Å². The van der Waals surface area contributed by atoms with Crippen molar-refractivity contribution in [2.45, 2.75) is 32.4 Å². The maximum atomic E-state index is 12.3. The Balaban J connectivity index is 2.17. The monoisotopic (exact) mass is 280 g/mol. The molecule has 1 saturated heterocycles. The molecule has 1 aliphatic rings. The highest BCUT2D eigenvalue weighted by Crippen LogP contribution is 2.28. The summed E-state index contributed by atoms with van der Waals surface area (Å²) in [6.45, 7) is 5.98. The minimum atomic E-state index is -0.286. The molecule has 0 saturated carbocycles. The number of hydrogen-bond acceptors (Lipinski definition) is 4. The van der Waals surface area contributed by atoms with E-state index < -0.39 is 0 Å². The van der Waals surface area contributed by atoms with Gasteiger partial charge in [-0.1, -0.05) is 0 Å². The van der Waals surface area contributed by atoms with E-state index in [1.54, 1.807) is 24.5 Å². The predicted octanol–water partition coefficient (Wildman–Crippen LogP) is 0.959. The van der Waals surface area contributed by atoms with Crippen LogP contribution in [0.3, 0.4) is 0 Å². The summed E-state index contributed by atoms with van der Waals surface area (Å²) in [7, 11) is 1.81. The molecule has 1 amide bonds. The quantitative estimate of drug-likeness (QED) is 0.872. The smallest absolute Gasteiger partial charge is 0.245 e. The molecule has 20 heavy (non-hydrogen) atoms. The number of ether oxygens (including phenoxy) is 1. The zero-order valence-electron chi connectivity index (χ0n) is 12.5. The molecule has 3 unspecified atom stereocenters. The van der Waals surface area contributed by atoms with E-state index in [0.717, 1.165) is 18.7 Å². The number of aromatic nitrogens is 2. The fourth-order valence-electron chi connectivity index (χ4n) is 2.57. The summed E-state index contributed by atoms with van der Waals surface area (Å²) in [6, 6.07) is -0.423. The van der Waals surface area contributed by atoms with Gasteiger partial charge < -0.3 is 19.9 Å². The van der Waals surface area contributed by atoms with Gasteiger partial charge in [-0.15, -0.1) is 0 Å². The lowest BCUT2D eigenvalue weighted by Gasteiger charge is -2.25. The van der Waals surface area contributed by atoms with Crippen LogP contribution in [0.5, 0.6) is 0 Å². The zero-order valence-corrected chi connectivity index (χ0v) is 12.5. The first-order valence-corrected chi connectivity index (χ1v) is 7.16. The summed E-state index contributed by atoms with van der Waals surface area (Å²) in [5, 5.41) is 0. The van der Waals surface area contributed by atoms with E-state index in [-0.39, 0.29) is 18.0 Å². The van der Waals surface area contributed by atoms with Crippen molar-refractivity contribution >= 4 is 5.91 Å². The predicted molar refractivity (Wildman–Crippen MR) is 76.1 cm³/mol. The van der Waals surface area contributed by atoms with E-state index in [0.29, 0.717) is 19.1 Å². The Kier molecular flexibility index (Phi) is 4.77. The molecule has 112 valence electrons. The van der Waals surface area contributed by atoms with Crippen molar-refractivity contribution in [2.75, 3.05) is 26.8 Å². The van der Waals surface area contributed by atoms with E-state index in [9.17, 15) is 4.79 Å². The summed E-state index contributed by atoms with van der Waals surface area (Å²) in [4.78, 5) is 18.2. The molecule has 1 aromatic heterocycles. The first kappa shape index (κ1) is 15.0. The van der Waals surface area contributed by atoms with Crippen molar-refractivity contribution < 1.29 is 9.53 Å². The van der Waals surface area contributed by atoms with Crippen LogP contribution in [0.2, 0.25) is 0 Å². The first-order valence-electron chi connectivity index (χ1n) is 7.16. The number of nitrogens with two attached hydrogens (primary N) is 1. The Morgan fingerprint density at radius 3 is 3.05 bits per heavy atom. The van der Waals surface area contributed by atoms with Crippen LogP contribution in [0.4, 0.5) is 0 Å². The van der Waals surface area contributed by atoms with Gasteiger partial charge in [-0.3, -0.25) is 4.79 Å². The second-order valence-electron chi connectivity index (χ2n) is 5.40. The summed E-state index contributed by atoms with van der Waals surface area (Å²) in [5.41, 5.74) is 7.23. The van der Waals surface area contributed by atoms with Crippen LogP contribution < -0.4 is 5.73 Å². The van der Waals surface area contributed by atoms with Gasteiger partial charge in [-0.05, 0) is 20.3 Å². The number of nitrogens with zero attached hydrogens (tertiary/aromatic N) is 3. The molecule has 6 heteroatoms. The molecular weight excluding hydrogens is 256 g/mol. The third kappa shape index (κ3) is 2.86. The maximum absolute atomic E-state index is 12.3. The number of amides is 1. The molecule has 3 atom stereocenters. The van der Waals surface area contributed by atoms with Crippen LogP contribution in [0.15, 0.2) is 12.5 Å². The van der Waals surface area contributed by atoms with E-state index in [1.807, 2.05) is 18.4 Å². The summed E-state index contributed by atoms with van der Waals surface area (Å²) in [6.07, 6.45) is 4.42. The van der Waals surface area contributed by atoms with Crippen LogP contribution in [0.1, 0.15) is 38.0 Å². The van der Waals surface area contributed by atoms with E-state index in [1.165, 1.54) is 0 Å². The second kappa shape index (κ2) is 6.37. The molecule has 1 aliphatic heterocycles. The minimum Gasteiger partial charge on any atom is -0.381 e. The van der Waals surface area contributed by atoms with Crippen LogP contribution >= 0.6 is 0 Å². The van der Waals surface area contributed by atoms with Gasteiger partial charge in [-0.2, -0.15) is 0 Å². The Morgan fingerprint density at radius 1 is 1.70 bits per heavy atom. The van der Waals surface area contributed by atoms with Crippen molar-refractivity contribution in [1.82, 2.24) is 14.5 Å². The van der Waals surface area contributed by atoms with E-state index in [2.05, 4.69) is 4.98 Å². The summed E-state index contributed by atoms with van der Waals surface area (Å²) < 4.78 is 7.28. The van der Waals surface area contributed by atoms with Crippen molar-refractivity contribution in [3.05, 3.63) is 18.2 Å². The third-order valence-corrected chi connectivity index (χ3v) is 4.14. The molecule has 1 fully saturated rings. The molecule has 2 heterocycles. The zero-order chi connectivity index (χ0) is 14.7. The Hall–Kier alpha value is -1.40. The highest BCUT2D eigenvalue weighted by molar-refractivity contribution is 5.79. The lowest BCUT2D eigenvalue weighted by atomic mass is 9.97. The van der Waals surface area contributed by atoms with Gasteiger partial charge in [0.1, 0.15) is 6.04 Å². The average Bonchev–Trinajstić information content (AvgIpc) is 3.14. The molecular formula is C14H24N4O2. The highest BCUT2D eigenvalue weighted by atomic mass is 16.5. The number of likely N-dealkylation sites (N-methyl/N-ethyl adjacent to an activating group) is 1. The van der Waals surface area contributed by atoms with Crippen LogP contribution in [0.25, 0.3) is 0 Å². The molecule has 6 nitrogen and oxygen atoms in total. The van der Waals surface area contributed by atoms with E-state index >= 15 is 0 Å². The fourth-order valence-corrected chi connectivity index (χ4v) is 2.57. The molecule has 0 spiro atoms. The van der Waals surface area contributed by atoms with Crippen LogP contribution in [0, 0.1) is 5.92 Å². The lowest BCUT2D eigenvalue weighted by molar-refractivity contribution is -0.132. The van der Waals surface area contributed by atoms with E-state index in [4.69, 9.17) is 10.5 Å². The Bertz CT molecular complexity index is 454. The number of rotatable bonds is 5. The third-order valence-electron chi connectivity index (χ3n) is 4.14. The van der Waals surface area contributed by atoms with Crippen molar-refractivity contribution in [3.63, 3.8) is 0 Å². The van der Waals surface area contributed by atoms with Gasteiger partial charge in [-0.25, -0.2) is 4.98 Å². The highest BCUT2D eigenvalue weighted by Gasteiger charge is 2.29. The molecule has 1 aromatic rings. The lowest BCUT2D eigenvalue weighted by Crippen LogP contribution is -2.34. The normalized spacial score (nSPS) is 21.7. The molecule has 0 aromatic carbocycles. The fraction of sp³-hybridized carbons (Fsp3) is 0.714. The number of imidazole rings is 1. The summed E-state index contributed by atoms with van der Waals surface area (Å²) >= 11 is 0. The maximum Gasteiger partial charge on any atom is 0.245 e. The second-order valence-corrected chi connectivity index (χ2v) is 5.40. The van der Waals surface area contributed by atoms with Gasteiger partial charge in [0, 0.05) is 32.3 Å². The van der Waals surface area contributed by atoms with Crippen molar-refractivity contribution in [1.29, 1.82) is 0 Å². The molecule has 2 N–H and O–H groups in total. The largest absolute Gasteiger partial charge is 0.381 e. The Morgan fingerprint density at radius 2 is 2.45 bits per heavy atom. The SMILES string of the molecule is CCN(C)C(=O)C(C)n1cncc1C(N)C1CCOC1. The number of carbonyl (C=O) groups is 1. The van der Waals surface area contributed by atoms with Crippen molar-refractivity contribution in [2.24, 2.45) is 11.7 Å². The average molecular weight is 280 g/mol. The topological polar surface area (TPSA) is 73.4 Å². The van der Waals surface area contributed by atoms with Gasteiger partial charge in [0.25, 0.3) is 0 Å². The number of carbonyl (C=O) groups excluding carboxylic acids is 1. The molecule has 0 aliphatic carbocycles. The molecule has 0 bridgehead atoms. The minimum absolute atomic E-state index is 0.0709. The molecule has 0 radical (unpaired) electrons. The number of hydrogen-bond donors (Lipinski definition) is 1. The van der Waals surface area contributed by atoms with Crippen LogP contribution in [-0.2, 0) is 9.53 Å². The van der Waals surface area contributed by atoms with Crippen molar-refractivity contribution in [3.8, 4) is 0 Å². The first-order chi connectivity index (χ1) is 9.56.